The van der Waals surface area contributed by atoms with Gasteiger partial charge in [0.2, 0.25) is 0 Å². The Hall–Kier alpha value is -3.04. The third-order valence-corrected chi connectivity index (χ3v) is 4.89. The minimum atomic E-state index is -4.08. The molecule has 0 spiro atoms. The number of aliphatic imine (C=N–C) groups is 1. The van der Waals surface area contributed by atoms with E-state index in [4.69, 9.17) is 17.3 Å². The highest BCUT2D eigenvalue weighted by atomic mass is 35.5. The van der Waals surface area contributed by atoms with E-state index in [-0.39, 0.29) is 0 Å². The molecular weight excluding hydrogens is 436 g/mol. The second kappa shape index (κ2) is 8.99. The molecule has 0 radical (unpaired) electrons. The molecule has 1 atom stereocenters. The highest BCUT2D eigenvalue weighted by molar-refractivity contribution is 6.29. The molecule has 3 aromatic rings. The van der Waals surface area contributed by atoms with Crippen molar-refractivity contribution in [1.82, 2.24) is 9.97 Å². The average Bonchev–Trinajstić information content (AvgIpc) is 2.74. The molecule has 162 valence electrons. The molecule has 5 nitrogen and oxygen atoms in total. The van der Waals surface area contributed by atoms with Crippen LogP contribution in [0.4, 0.5) is 17.6 Å². The van der Waals surface area contributed by atoms with Crippen molar-refractivity contribution in [2.45, 2.75) is 17.9 Å². The summed E-state index contributed by atoms with van der Waals surface area (Å²) in [6, 6.07) is 7.67. The van der Waals surface area contributed by atoms with E-state index in [1.165, 1.54) is 12.3 Å². The molecule has 2 aromatic heterocycles. The van der Waals surface area contributed by atoms with Gasteiger partial charge in [-0.25, -0.2) is 13.8 Å². The number of rotatable bonds is 7. The van der Waals surface area contributed by atoms with Crippen LogP contribution in [0.25, 0.3) is 0 Å². The standard InChI is InChI=1S/C21H17ClF4N4O/c22-19-6-2-14(10-30-19)7-13-1-5-18(29-9-13)21(25,26)20(31,11-28-12-27)16-4-3-15(23)8-17(16)24/h1-6,8-10,12,31H,7,11H2,(H2,27,28). The maximum Gasteiger partial charge on any atom is 0.323 e. The van der Waals surface area contributed by atoms with E-state index >= 15 is 8.78 Å². The summed E-state index contributed by atoms with van der Waals surface area (Å²) in [7, 11) is 0. The van der Waals surface area contributed by atoms with Crippen molar-refractivity contribution in [1.29, 1.82) is 0 Å². The number of halogens is 5. The number of hydrogen-bond acceptors (Lipinski definition) is 4. The largest absolute Gasteiger partial charge is 0.390 e. The van der Waals surface area contributed by atoms with Gasteiger partial charge < -0.3 is 10.8 Å². The lowest BCUT2D eigenvalue weighted by atomic mass is 9.84. The van der Waals surface area contributed by atoms with E-state index in [1.807, 2.05) is 0 Å². The number of benzene rings is 1. The van der Waals surface area contributed by atoms with Crippen molar-refractivity contribution in [2.24, 2.45) is 10.7 Å². The molecule has 10 heteroatoms. The number of hydrogen-bond donors (Lipinski definition) is 2. The van der Waals surface area contributed by atoms with Gasteiger partial charge in [-0.15, -0.1) is 0 Å². The zero-order valence-electron chi connectivity index (χ0n) is 15.9. The van der Waals surface area contributed by atoms with Crippen LogP contribution >= 0.6 is 11.6 Å². The zero-order valence-corrected chi connectivity index (χ0v) is 16.7. The molecule has 0 bridgehead atoms. The topological polar surface area (TPSA) is 84.4 Å². The molecule has 31 heavy (non-hydrogen) atoms. The van der Waals surface area contributed by atoms with Crippen LogP contribution in [-0.2, 0) is 17.9 Å². The molecule has 0 saturated heterocycles. The Labute approximate surface area is 180 Å². The highest BCUT2D eigenvalue weighted by Crippen LogP contribution is 2.45. The van der Waals surface area contributed by atoms with Gasteiger partial charge in [-0.1, -0.05) is 23.7 Å². The molecule has 1 aromatic carbocycles. The van der Waals surface area contributed by atoms with Crippen LogP contribution in [-0.4, -0.2) is 28.0 Å². The SMILES string of the molecule is NC=NCC(O)(c1ccc(F)cc1F)C(F)(F)c1ccc(Cc2ccc(Cl)nc2)cn1. The van der Waals surface area contributed by atoms with E-state index in [9.17, 15) is 13.9 Å². The number of nitrogens with zero attached hydrogens (tertiary/aromatic N) is 3. The van der Waals surface area contributed by atoms with Gasteiger partial charge >= 0.3 is 5.92 Å². The van der Waals surface area contributed by atoms with Crippen LogP contribution in [0.1, 0.15) is 22.4 Å². The summed E-state index contributed by atoms with van der Waals surface area (Å²) < 4.78 is 58.3. The fourth-order valence-electron chi connectivity index (χ4n) is 3.04. The summed E-state index contributed by atoms with van der Waals surface area (Å²) in [5.41, 5.74) is 1.71. The molecule has 0 amide bonds. The molecule has 0 saturated carbocycles. The van der Waals surface area contributed by atoms with Crippen molar-refractivity contribution in [2.75, 3.05) is 6.54 Å². The van der Waals surface area contributed by atoms with E-state index in [0.29, 0.717) is 29.5 Å². The Morgan fingerprint density at radius 1 is 1.03 bits per heavy atom. The van der Waals surface area contributed by atoms with Crippen LogP contribution in [0.5, 0.6) is 0 Å². The molecule has 3 N–H and O–H groups in total. The van der Waals surface area contributed by atoms with Crippen molar-refractivity contribution >= 4 is 17.9 Å². The van der Waals surface area contributed by atoms with Gasteiger partial charge in [0, 0.05) is 30.4 Å². The Balaban J connectivity index is 1.96. The van der Waals surface area contributed by atoms with Crippen LogP contribution in [0.3, 0.4) is 0 Å². The number of aliphatic hydroxyl groups is 1. The molecule has 2 heterocycles. The fourth-order valence-corrected chi connectivity index (χ4v) is 3.15. The summed E-state index contributed by atoms with van der Waals surface area (Å²) in [5.74, 6) is -6.41. The van der Waals surface area contributed by atoms with Gasteiger partial charge in [0.15, 0.2) is 5.60 Å². The monoisotopic (exact) mass is 452 g/mol. The first-order chi connectivity index (χ1) is 14.7. The quantitative estimate of drug-likeness (QED) is 0.246. The van der Waals surface area contributed by atoms with Crippen molar-refractivity contribution in [3.8, 4) is 0 Å². The molecule has 0 aliphatic carbocycles. The predicted molar refractivity (Wildman–Crippen MR) is 108 cm³/mol. The molecular formula is C21H17ClF4N4O. The summed E-state index contributed by atoms with van der Waals surface area (Å²) in [6.07, 6.45) is 3.83. The smallest absolute Gasteiger partial charge is 0.323 e. The molecule has 1 unspecified atom stereocenters. The maximum atomic E-state index is 15.4. The molecule has 0 aliphatic rings. The van der Waals surface area contributed by atoms with Crippen LogP contribution in [0, 0.1) is 11.6 Å². The average molecular weight is 453 g/mol. The maximum absolute atomic E-state index is 15.4. The first kappa shape index (κ1) is 22.6. The number of pyridine rings is 2. The molecule has 0 aliphatic heterocycles. The first-order valence-corrected chi connectivity index (χ1v) is 9.37. The van der Waals surface area contributed by atoms with Gasteiger partial charge in [-0.2, -0.15) is 8.78 Å². The van der Waals surface area contributed by atoms with Crippen LogP contribution in [0.15, 0.2) is 59.9 Å². The van der Waals surface area contributed by atoms with Crippen LogP contribution < -0.4 is 5.73 Å². The minimum Gasteiger partial charge on any atom is -0.390 e. The third kappa shape index (κ3) is 4.67. The Bertz CT molecular complexity index is 1080. The zero-order chi connectivity index (χ0) is 22.6. The van der Waals surface area contributed by atoms with Gasteiger partial charge in [-0.05, 0) is 35.4 Å². The normalized spacial score (nSPS) is 14.0. The second-order valence-corrected chi connectivity index (χ2v) is 7.15. The van der Waals surface area contributed by atoms with E-state index in [1.54, 1.807) is 18.3 Å². The van der Waals surface area contributed by atoms with E-state index in [2.05, 4.69) is 15.0 Å². The van der Waals surface area contributed by atoms with Crippen LogP contribution in [0.2, 0.25) is 5.15 Å². The van der Waals surface area contributed by atoms with Gasteiger partial charge in [0.1, 0.15) is 22.5 Å². The molecule has 3 rings (SSSR count). The lowest BCUT2D eigenvalue weighted by molar-refractivity contribution is -0.193. The van der Waals surface area contributed by atoms with Crippen molar-refractivity contribution in [3.05, 3.63) is 94.0 Å². The second-order valence-electron chi connectivity index (χ2n) is 6.77. The summed E-state index contributed by atoms with van der Waals surface area (Å²) in [6.45, 7) is -0.973. The summed E-state index contributed by atoms with van der Waals surface area (Å²) in [4.78, 5) is 11.2. The fraction of sp³-hybridized carbons (Fsp3) is 0.190. The Kier molecular flexibility index (Phi) is 6.56. The number of aromatic nitrogens is 2. The predicted octanol–water partition coefficient (Wildman–Crippen LogP) is 3.97. The van der Waals surface area contributed by atoms with Gasteiger partial charge in [0.05, 0.1) is 12.9 Å². The number of nitrogens with two attached hydrogens (primary N) is 1. The summed E-state index contributed by atoms with van der Waals surface area (Å²) in [5, 5.41) is 11.2. The highest BCUT2D eigenvalue weighted by Gasteiger charge is 2.57. The lowest BCUT2D eigenvalue weighted by Crippen LogP contribution is -2.47. The Morgan fingerprint density at radius 3 is 2.26 bits per heavy atom. The Morgan fingerprint density at radius 2 is 1.71 bits per heavy atom. The summed E-state index contributed by atoms with van der Waals surface area (Å²) >= 11 is 5.74. The van der Waals surface area contributed by atoms with Gasteiger partial charge in [0.25, 0.3) is 0 Å². The van der Waals surface area contributed by atoms with E-state index < -0.39 is 41.0 Å². The first-order valence-electron chi connectivity index (χ1n) is 8.99. The van der Waals surface area contributed by atoms with Crippen molar-refractivity contribution < 1.29 is 22.7 Å². The minimum absolute atomic E-state index is 0.323. The third-order valence-electron chi connectivity index (χ3n) is 4.66. The van der Waals surface area contributed by atoms with E-state index in [0.717, 1.165) is 23.8 Å². The molecule has 0 fully saturated rings. The lowest BCUT2D eigenvalue weighted by Gasteiger charge is -2.35. The van der Waals surface area contributed by atoms with Crippen molar-refractivity contribution in [3.63, 3.8) is 0 Å². The number of alkyl halides is 2. The van der Waals surface area contributed by atoms with Gasteiger partial charge in [-0.3, -0.25) is 9.98 Å².